The van der Waals surface area contributed by atoms with Crippen molar-refractivity contribution in [2.75, 3.05) is 0 Å². The van der Waals surface area contributed by atoms with Gasteiger partial charge in [0.2, 0.25) is 0 Å². The third-order valence-corrected chi connectivity index (χ3v) is 19.4. The van der Waals surface area contributed by atoms with Crippen molar-refractivity contribution < 1.29 is 0 Å². The maximum absolute atomic E-state index is 2.74. The third kappa shape index (κ3) is 6.83. The van der Waals surface area contributed by atoms with E-state index in [-0.39, 0.29) is 0 Å². The summed E-state index contributed by atoms with van der Waals surface area (Å²) in [5, 5.41) is 0. The molecule has 8 saturated carbocycles. The molecule has 10 aliphatic rings. The fourth-order valence-corrected chi connectivity index (χ4v) is 18.0. The lowest BCUT2D eigenvalue weighted by atomic mass is 9.48. The highest BCUT2D eigenvalue weighted by atomic mass is 28.2. The lowest BCUT2D eigenvalue weighted by molar-refractivity contribution is -0.0526. The Morgan fingerprint density at radius 2 is 0.898 bits per heavy atom. The Hall–Kier alpha value is -3.42. The number of rotatable bonds is 12. The predicted octanol–water partition coefficient (Wildman–Crippen LogP) is 15.8. The van der Waals surface area contributed by atoms with Crippen LogP contribution in [0.1, 0.15) is 148 Å². The first-order chi connectivity index (χ1) is 28.8. The van der Waals surface area contributed by atoms with Gasteiger partial charge in [-0.25, -0.2) is 0 Å². The first-order valence-electron chi connectivity index (χ1n) is 24.3. The van der Waals surface area contributed by atoms with E-state index in [9.17, 15) is 0 Å². The highest BCUT2D eigenvalue weighted by molar-refractivity contribution is 6.35. The van der Waals surface area contributed by atoms with Gasteiger partial charge in [-0.2, -0.15) is 0 Å². The summed E-state index contributed by atoms with van der Waals surface area (Å²) in [7, 11) is 1.03. The maximum atomic E-state index is 2.74. The molecule has 0 spiro atoms. The van der Waals surface area contributed by atoms with Crippen molar-refractivity contribution in [2.45, 2.75) is 141 Å². The van der Waals surface area contributed by atoms with Crippen molar-refractivity contribution in [3.63, 3.8) is 0 Å². The van der Waals surface area contributed by atoms with Crippen LogP contribution in [0.3, 0.4) is 0 Å². The van der Waals surface area contributed by atoms with Gasteiger partial charge in [0.15, 0.2) is 0 Å². The van der Waals surface area contributed by atoms with Crippen molar-refractivity contribution in [1.82, 2.24) is 0 Å². The highest BCUT2D eigenvalue weighted by Crippen LogP contribution is 2.65. The predicted molar refractivity (Wildman–Crippen MR) is 250 cm³/mol. The van der Waals surface area contributed by atoms with Gasteiger partial charge < -0.3 is 0 Å². The van der Waals surface area contributed by atoms with Crippen molar-refractivity contribution in [3.05, 3.63) is 129 Å². The third-order valence-electron chi connectivity index (χ3n) is 18.0. The Labute approximate surface area is 358 Å². The van der Waals surface area contributed by atoms with Crippen LogP contribution >= 0.6 is 0 Å². The van der Waals surface area contributed by atoms with Crippen LogP contribution in [0.15, 0.2) is 96.1 Å². The zero-order chi connectivity index (χ0) is 39.3. The number of hydrogen-bond donors (Lipinski definition) is 0. The second-order valence-electron chi connectivity index (χ2n) is 22.4. The Balaban J connectivity index is 0.792. The second-order valence-corrected chi connectivity index (χ2v) is 23.8. The average Bonchev–Trinajstić information content (AvgIpc) is 3.73. The molecular formula is C58H66Si. The Morgan fingerprint density at radius 3 is 1.34 bits per heavy atom. The molecule has 59 heavy (non-hydrogen) atoms. The van der Waals surface area contributed by atoms with Crippen molar-refractivity contribution >= 4 is 21.7 Å². The maximum Gasteiger partial charge on any atom is 0.0387 e. The van der Waals surface area contributed by atoms with E-state index in [0.717, 1.165) is 45.0 Å². The van der Waals surface area contributed by atoms with Crippen LogP contribution in [0.2, 0.25) is 12.1 Å². The number of allylic oxidation sites excluding steroid dienone is 2. The highest BCUT2D eigenvalue weighted by Gasteiger charge is 2.53. The van der Waals surface area contributed by atoms with E-state index >= 15 is 0 Å². The molecule has 10 aliphatic carbocycles. The SMILES string of the molecule is Cc1ccc(-c2cccc3c2C=C(CC24CC5CC(CC(C5)C2)C4)C3CCC[Si]CC2C(CC34CC5CC(CC(C5)C3)C4)=Cc3c(-c4ccc(C)cc4)cccc32)cc1. The first kappa shape index (κ1) is 37.3. The smallest absolute Gasteiger partial charge is 0.0387 e. The van der Waals surface area contributed by atoms with Gasteiger partial charge in [-0.3, -0.25) is 0 Å². The van der Waals surface area contributed by atoms with Crippen molar-refractivity contribution in [1.29, 1.82) is 0 Å². The van der Waals surface area contributed by atoms with Gasteiger partial charge in [0.1, 0.15) is 0 Å². The van der Waals surface area contributed by atoms with Gasteiger partial charge in [0.25, 0.3) is 0 Å². The molecule has 0 nitrogen and oxygen atoms in total. The quantitative estimate of drug-likeness (QED) is 0.0990. The van der Waals surface area contributed by atoms with Gasteiger partial charge in [-0.05, 0) is 201 Å². The standard InChI is InChI=1S/C58H66Si/c1-37-11-15-45(16-12-37)49-6-3-8-52-51(47(26-54(49)52)34-57-28-39-20-40(29-57)22-41(21-39)30-57)10-5-19-59-36-56-48(35-58-31-42-23-43(32-58)25-44(24-42)33-58)27-55-50(7-4-9-53(55)56)46-17-13-38(2)14-18-46/h3-4,6-9,11-18,26-27,39-44,51,56H,5,10,19-25,28-36H2,1-2H3. The van der Waals surface area contributed by atoms with Crippen molar-refractivity contribution in [2.24, 2.45) is 46.3 Å². The van der Waals surface area contributed by atoms with E-state index in [1.165, 1.54) is 148 Å². The van der Waals surface area contributed by atoms with Crippen LogP contribution in [-0.4, -0.2) is 9.52 Å². The van der Waals surface area contributed by atoms with Gasteiger partial charge in [-0.1, -0.05) is 138 Å². The molecule has 4 aromatic rings. The molecule has 302 valence electrons. The van der Waals surface area contributed by atoms with Crippen LogP contribution in [0, 0.1) is 60.2 Å². The van der Waals surface area contributed by atoms with E-state index < -0.39 is 0 Å². The van der Waals surface area contributed by atoms with Gasteiger partial charge in [-0.15, -0.1) is 0 Å². The van der Waals surface area contributed by atoms with Gasteiger partial charge >= 0.3 is 0 Å². The van der Waals surface area contributed by atoms with E-state index in [2.05, 4.69) is 111 Å². The van der Waals surface area contributed by atoms with E-state index in [4.69, 9.17) is 0 Å². The lowest BCUT2D eigenvalue weighted by Gasteiger charge is -2.57. The first-order valence-corrected chi connectivity index (χ1v) is 25.8. The zero-order valence-corrected chi connectivity index (χ0v) is 37.1. The molecule has 1 heteroatoms. The molecule has 0 amide bonds. The zero-order valence-electron chi connectivity index (χ0n) is 36.1. The topological polar surface area (TPSA) is 0 Å². The molecule has 0 aliphatic heterocycles. The fraction of sp³-hybridized carbons (Fsp3) is 0.517. The minimum absolute atomic E-state index is 0.583. The molecule has 2 atom stereocenters. The summed E-state index contributed by atoms with van der Waals surface area (Å²) >= 11 is 0. The molecule has 2 radical (unpaired) electrons. The minimum Gasteiger partial charge on any atom is -0.0618 e. The summed E-state index contributed by atoms with van der Waals surface area (Å²) < 4.78 is 0. The van der Waals surface area contributed by atoms with Gasteiger partial charge in [0, 0.05) is 21.4 Å². The molecule has 4 aromatic carbocycles. The number of hydrogen-bond acceptors (Lipinski definition) is 0. The largest absolute Gasteiger partial charge is 0.0618 e. The summed E-state index contributed by atoms with van der Waals surface area (Å²) in [5.74, 6) is 7.32. The summed E-state index contributed by atoms with van der Waals surface area (Å²) in [5.41, 5.74) is 19.6. The van der Waals surface area contributed by atoms with E-state index in [1.807, 2.05) is 5.57 Å². The molecule has 0 aromatic heterocycles. The molecule has 0 saturated heterocycles. The number of fused-ring (bicyclic) bond motifs is 2. The number of aryl methyl sites for hydroxylation is 2. The van der Waals surface area contributed by atoms with Crippen LogP contribution < -0.4 is 0 Å². The average molecular weight is 791 g/mol. The Morgan fingerprint density at radius 1 is 0.492 bits per heavy atom. The lowest BCUT2D eigenvalue weighted by Crippen LogP contribution is -2.46. The minimum atomic E-state index is 0.583. The van der Waals surface area contributed by atoms with Crippen LogP contribution in [0.5, 0.6) is 0 Å². The summed E-state index contributed by atoms with van der Waals surface area (Å²) in [6.45, 7) is 4.43. The second kappa shape index (κ2) is 14.6. The monoisotopic (exact) mass is 790 g/mol. The van der Waals surface area contributed by atoms with Crippen LogP contribution in [0.4, 0.5) is 0 Å². The summed E-state index contributed by atoms with van der Waals surface area (Å²) in [6, 6.07) is 36.0. The summed E-state index contributed by atoms with van der Waals surface area (Å²) in [4.78, 5) is 0. The molecular weight excluding hydrogens is 725 g/mol. The Bertz CT molecular complexity index is 2060. The molecule has 8 bridgehead atoms. The van der Waals surface area contributed by atoms with Crippen LogP contribution in [0.25, 0.3) is 34.4 Å². The summed E-state index contributed by atoms with van der Waals surface area (Å²) in [6.07, 6.45) is 29.2. The Kier molecular flexibility index (Phi) is 9.24. The number of benzene rings is 4. The van der Waals surface area contributed by atoms with Crippen molar-refractivity contribution in [3.8, 4) is 22.3 Å². The molecule has 8 fully saturated rings. The van der Waals surface area contributed by atoms with Gasteiger partial charge in [0.05, 0.1) is 0 Å². The molecule has 14 rings (SSSR count). The van der Waals surface area contributed by atoms with Crippen LogP contribution in [-0.2, 0) is 0 Å². The normalized spacial score (nSPS) is 34.3. The van der Waals surface area contributed by atoms with E-state index in [1.54, 1.807) is 27.8 Å². The van der Waals surface area contributed by atoms with E-state index in [0.29, 0.717) is 22.7 Å². The molecule has 2 unspecified atom stereocenters. The fourth-order valence-electron chi connectivity index (χ4n) is 16.5. The molecule has 0 N–H and O–H groups in total. The molecule has 0 heterocycles.